The van der Waals surface area contributed by atoms with E-state index in [2.05, 4.69) is 43.0 Å². The van der Waals surface area contributed by atoms with Gasteiger partial charge in [-0.3, -0.25) is 4.90 Å². The summed E-state index contributed by atoms with van der Waals surface area (Å²) >= 11 is 1.39. The third-order valence-electron chi connectivity index (χ3n) is 4.71. The number of carboxylic acids is 1. The van der Waals surface area contributed by atoms with Gasteiger partial charge >= 0.3 is 5.97 Å². The fraction of sp³-hybridized carbons (Fsp3) is 0.421. The van der Waals surface area contributed by atoms with E-state index in [1.807, 2.05) is 6.07 Å². The SMILES string of the molecule is CCc1sc(C(=O)O)cc1-c1cccc(C(C)N2CCCC2)c1. The molecule has 0 radical (unpaired) electrons. The van der Waals surface area contributed by atoms with E-state index < -0.39 is 5.97 Å². The molecule has 23 heavy (non-hydrogen) atoms. The first-order valence-corrected chi connectivity index (χ1v) is 9.12. The van der Waals surface area contributed by atoms with Crippen molar-refractivity contribution >= 4 is 17.3 Å². The number of hydrogen-bond donors (Lipinski definition) is 1. The molecule has 1 atom stereocenters. The van der Waals surface area contributed by atoms with Gasteiger partial charge in [-0.1, -0.05) is 25.1 Å². The minimum atomic E-state index is -0.836. The standard InChI is InChI=1S/C19H23NO2S/c1-3-17-16(12-18(23-17)19(21)22)15-8-6-7-14(11-15)13(2)20-9-4-5-10-20/h6-8,11-13H,3-5,9-10H2,1-2H3,(H,21,22). The molecule has 1 fully saturated rings. The van der Waals surface area contributed by atoms with Crippen molar-refractivity contribution in [1.29, 1.82) is 0 Å². The van der Waals surface area contributed by atoms with Crippen LogP contribution in [0, 0.1) is 0 Å². The van der Waals surface area contributed by atoms with E-state index in [9.17, 15) is 9.90 Å². The van der Waals surface area contributed by atoms with E-state index in [1.165, 1.54) is 42.8 Å². The first-order chi connectivity index (χ1) is 11.1. The van der Waals surface area contributed by atoms with Gasteiger partial charge in [0, 0.05) is 10.9 Å². The van der Waals surface area contributed by atoms with Crippen LogP contribution in [0.15, 0.2) is 30.3 Å². The Hall–Kier alpha value is -1.65. The predicted molar refractivity (Wildman–Crippen MR) is 95.3 cm³/mol. The molecule has 2 heterocycles. The van der Waals surface area contributed by atoms with Crippen molar-refractivity contribution < 1.29 is 9.90 Å². The van der Waals surface area contributed by atoms with Gasteiger partial charge in [-0.15, -0.1) is 11.3 Å². The molecule has 1 unspecified atom stereocenters. The molecule has 1 N–H and O–H groups in total. The van der Waals surface area contributed by atoms with Crippen molar-refractivity contribution in [2.45, 2.75) is 39.2 Å². The van der Waals surface area contributed by atoms with E-state index in [4.69, 9.17) is 0 Å². The average molecular weight is 329 g/mol. The summed E-state index contributed by atoms with van der Waals surface area (Å²) < 4.78 is 0. The number of carbonyl (C=O) groups is 1. The molecule has 1 aliphatic heterocycles. The van der Waals surface area contributed by atoms with Crippen molar-refractivity contribution in [3.05, 3.63) is 45.6 Å². The third kappa shape index (κ3) is 3.33. The van der Waals surface area contributed by atoms with Gasteiger partial charge in [-0.2, -0.15) is 0 Å². The lowest BCUT2D eigenvalue weighted by Crippen LogP contribution is -2.23. The van der Waals surface area contributed by atoms with Crippen molar-refractivity contribution in [3.63, 3.8) is 0 Å². The third-order valence-corrected chi connectivity index (χ3v) is 5.98. The highest BCUT2D eigenvalue weighted by atomic mass is 32.1. The van der Waals surface area contributed by atoms with Crippen LogP contribution < -0.4 is 0 Å². The Kier molecular flexibility index (Phi) is 4.83. The number of rotatable bonds is 5. The van der Waals surface area contributed by atoms with Crippen molar-refractivity contribution in [2.24, 2.45) is 0 Å². The fourth-order valence-electron chi connectivity index (χ4n) is 3.35. The Bertz CT molecular complexity index is 701. The normalized spacial score (nSPS) is 16.6. The van der Waals surface area contributed by atoms with Gasteiger partial charge in [0.2, 0.25) is 0 Å². The molecule has 0 spiro atoms. The summed E-state index contributed by atoms with van der Waals surface area (Å²) in [5.41, 5.74) is 3.52. The summed E-state index contributed by atoms with van der Waals surface area (Å²) in [6.45, 7) is 6.69. The Labute approximate surface area is 141 Å². The van der Waals surface area contributed by atoms with E-state index in [0.717, 1.165) is 22.4 Å². The van der Waals surface area contributed by atoms with E-state index in [-0.39, 0.29) is 0 Å². The predicted octanol–water partition coefficient (Wildman–Crippen LogP) is 4.83. The Morgan fingerprint density at radius 3 is 2.70 bits per heavy atom. The Morgan fingerprint density at radius 1 is 1.30 bits per heavy atom. The van der Waals surface area contributed by atoms with E-state index in [0.29, 0.717) is 10.9 Å². The summed E-state index contributed by atoms with van der Waals surface area (Å²) in [7, 11) is 0. The van der Waals surface area contributed by atoms with Crippen LogP contribution in [0.3, 0.4) is 0 Å². The summed E-state index contributed by atoms with van der Waals surface area (Å²) in [5, 5.41) is 9.26. The number of nitrogens with zero attached hydrogens (tertiary/aromatic N) is 1. The van der Waals surface area contributed by atoms with Crippen LogP contribution in [0.2, 0.25) is 0 Å². The molecule has 2 aromatic rings. The van der Waals surface area contributed by atoms with Crippen molar-refractivity contribution in [3.8, 4) is 11.1 Å². The molecule has 1 aliphatic rings. The number of hydrogen-bond acceptors (Lipinski definition) is 3. The van der Waals surface area contributed by atoms with Crippen LogP contribution in [-0.4, -0.2) is 29.1 Å². The van der Waals surface area contributed by atoms with Crippen molar-refractivity contribution in [1.82, 2.24) is 4.90 Å². The van der Waals surface area contributed by atoms with Gasteiger partial charge in [0.25, 0.3) is 0 Å². The summed E-state index contributed by atoms with van der Waals surface area (Å²) in [6, 6.07) is 10.8. The lowest BCUT2D eigenvalue weighted by molar-refractivity contribution is 0.0702. The van der Waals surface area contributed by atoms with Crippen LogP contribution >= 0.6 is 11.3 Å². The number of likely N-dealkylation sites (tertiary alicyclic amines) is 1. The first kappa shape index (κ1) is 16.2. The van der Waals surface area contributed by atoms with Gasteiger partial charge in [-0.05, 0) is 68.1 Å². The number of thiophene rings is 1. The van der Waals surface area contributed by atoms with E-state index >= 15 is 0 Å². The quantitative estimate of drug-likeness (QED) is 0.854. The second kappa shape index (κ2) is 6.85. The smallest absolute Gasteiger partial charge is 0.345 e. The number of aryl methyl sites for hydroxylation is 1. The molecule has 1 aromatic carbocycles. The largest absolute Gasteiger partial charge is 0.477 e. The zero-order valence-corrected chi connectivity index (χ0v) is 14.5. The molecule has 0 amide bonds. The number of carboxylic acid groups (broad SMARTS) is 1. The molecule has 0 aliphatic carbocycles. The Morgan fingerprint density at radius 2 is 2.04 bits per heavy atom. The lowest BCUT2D eigenvalue weighted by atomic mass is 9.99. The zero-order valence-electron chi connectivity index (χ0n) is 13.7. The van der Waals surface area contributed by atoms with Gasteiger partial charge in [0.05, 0.1) is 0 Å². The highest BCUT2D eigenvalue weighted by Crippen LogP contribution is 2.34. The Balaban J connectivity index is 1.94. The fourth-order valence-corrected chi connectivity index (χ4v) is 4.31. The van der Waals surface area contributed by atoms with Crippen LogP contribution in [0.5, 0.6) is 0 Å². The highest BCUT2D eigenvalue weighted by molar-refractivity contribution is 7.14. The maximum atomic E-state index is 11.3. The van der Waals surface area contributed by atoms with Crippen LogP contribution in [0.4, 0.5) is 0 Å². The molecular formula is C19H23NO2S. The molecule has 122 valence electrons. The monoisotopic (exact) mass is 329 g/mol. The number of benzene rings is 1. The molecule has 3 rings (SSSR count). The van der Waals surface area contributed by atoms with Crippen molar-refractivity contribution in [2.75, 3.05) is 13.1 Å². The van der Waals surface area contributed by atoms with Crippen LogP contribution in [0.25, 0.3) is 11.1 Å². The molecule has 0 bridgehead atoms. The molecule has 4 heteroatoms. The molecule has 1 saturated heterocycles. The summed E-state index contributed by atoms with van der Waals surface area (Å²) in [6.07, 6.45) is 3.44. The number of aromatic carboxylic acids is 1. The second-order valence-electron chi connectivity index (χ2n) is 6.15. The second-order valence-corrected chi connectivity index (χ2v) is 7.29. The average Bonchev–Trinajstić information content (AvgIpc) is 3.23. The zero-order chi connectivity index (χ0) is 16.4. The molecule has 0 saturated carbocycles. The minimum absolute atomic E-state index is 0.417. The summed E-state index contributed by atoms with van der Waals surface area (Å²) in [5.74, 6) is -0.836. The summed E-state index contributed by atoms with van der Waals surface area (Å²) in [4.78, 5) is 15.4. The minimum Gasteiger partial charge on any atom is -0.477 e. The maximum Gasteiger partial charge on any atom is 0.345 e. The van der Waals surface area contributed by atoms with Gasteiger partial charge in [0.1, 0.15) is 4.88 Å². The topological polar surface area (TPSA) is 40.5 Å². The van der Waals surface area contributed by atoms with E-state index in [1.54, 1.807) is 0 Å². The van der Waals surface area contributed by atoms with Gasteiger partial charge in [0.15, 0.2) is 0 Å². The molecule has 1 aromatic heterocycles. The maximum absolute atomic E-state index is 11.3. The lowest BCUT2D eigenvalue weighted by Gasteiger charge is -2.24. The van der Waals surface area contributed by atoms with Crippen LogP contribution in [-0.2, 0) is 6.42 Å². The molecule has 3 nitrogen and oxygen atoms in total. The van der Waals surface area contributed by atoms with Gasteiger partial charge in [-0.25, -0.2) is 4.79 Å². The molecular weight excluding hydrogens is 306 g/mol. The highest BCUT2D eigenvalue weighted by Gasteiger charge is 2.20. The first-order valence-electron chi connectivity index (χ1n) is 8.30. The van der Waals surface area contributed by atoms with Crippen LogP contribution in [0.1, 0.15) is 52.8 Å². The van der Waals surface area contributed by atoms with Gasteiger partial charge < -0.3 is 5.11 Å².